The molecule has 86 valence electrons. The lowest BCUT2D eigenvalue weighted by Gasteiger charge is -2.07. The third-order valence-corrected chi connectivity index (χ3v) is 1.98. The first kappa shape index (κ1) is 12.0. The van der Waals surface area contributed by atoms with E-state index in [2.05, 4.69) is 5.32 Å². The molecule has 1 rings (SSSR count). The number of carbonyl (C=O) groups is 2. The zero-order valence-electron chi connectivity index (χ0n) is 9.11. The highest BCUT2D eigenvalue weighted by Crippen LogP contribution is 2.15. The minimum atomic E-state index is -0.986. The van der Waals surface area contributed by atoms with Gasteiger partial charge in [-0.25, -0.2) is 9.59 Å². The predicted molar refractivity (Wildman–Crippen MR) is 58.8 cm³/mol. The molecule has 16 heavy (non-hydrogen) atoms. The zero-order chi connectivity index (χ0) is 12.1. The smallest absolute Gasteiger partial charge is 0.411 e. The van der Waals surface area contributed by atoms with E-state index in [0.717, 1.165) is 0 Å². The van der Waals surface area contributed by atoms with Gasteiger partial charge in [-0.05, 0) is 37.6 Å². The van der Waals surface area contributed by atoms with Crippen LogP contribution in [0.1, 0.15) is 22.8 Å². The van der Waals surface area contributed by atoms with Crippen molar-refractivity contribution in [2.45, 2.75) is 13.8 Å². The van der Waals surface area contributed by atoms with Crippen LogP contribution in [0.15, 0.2) is 18.2 Å². The third kappa shape index (κ3) is 2.98. The van der Waals surface area contributed by atoms with Gasteiger partial charge in [0.15, 0.2) is 0 Å². The molecule has 0 aliphatic carbocycles. The lowest BCUT2D eigenvalue weighted by molar-refractivity contribution is 0.0696. The topological polar surface area (TPSA) is 75.6 Å². The van der Waals surface area contributed by atoms with Crippen LogP contribution in [-0.4, -0.2) is 23.8 Å². The maximum absolute atomic E-state index is 11.1. The number of carbonyl (C=O) groups excluding carboxylic acids is 1. The molecule has 5 nitrogen and oxygen atoms in total. The summed E-state index contributed by atoms with van der Waals surface area (Å²) in [5.41, 5.74) is 1.32. The molecule has 0 spiro atoms. The van der Waals surface area contributed by atoms with Gasteiger partial charge in [0.05, 0.1) is 12.2 Å². The van der Waals surface area contributed by atoms with Crippen LogP contribution >= 0.6 is 0 Å². The summed E-state index contributed by atoms with van der Waals surface area (Å²) in [5, 5.41) is 11.3. The molecular weight excluding hydrogens is 210 g/mol. The highest BCUT2D eigenvalue weighted by Gasteiger charge is 2.08. The van der Waals surface area contributed by atoms with Crippen molar-refractivity contribution in [3.05, 3.63) is 29.3 Å². The average Bonchev–Trinajstić information content (AvgIpc) is 2.17. The van der Waals surface area contributed by atoms with Crippen molar-refractivity contribution >= 4 is 17.7 Å². The van der Waals surface area contributed by atoms with Gasteiger partial charge in [0.1, 0.15) is 0 Å². The summed E-state index contributed by atoms with van der Waals surface area (Å²) in [6.45, 7) is 3.66. The van der Waals surface area contributed by atoms with Gasteiger partial charge in [0.25, 0.3) is 0 Å². The first-order valence-corrected chi connectivity index (χ1v) is 4.82. The van der Waals surface area contributed by atoms with Gasteiger partial charge in [0, 0.05) is 5.69 Å². The maximum atomic E-state index is 11.1. The van der Waals surface area contributed by atoms with E-state index in [1.165, 1.54) is 12.1 Å². The van der Waals surface area contributed by atoms with E-state index in [0.29, 0.717) is 11.3 Å². The van der Waals surface area contributed by atoms with Crippen molar-refractivity contribution in [3.8, 4) is 0 Å². The molecule has 5 heteroatoms. The summed E-state index contributed by atoms with van der Waals surface area (Å²) in [4.78, 5) is 21.8. The molecule has 0 aliphatic heterocycles. The molecular formula is C11H13NO4. The van der Waals surface area contributed by atoms with E-state index in [1.807, 2.05) is 0 Å². The van der Waals surface area contributed by atoms with Gasteiger partial charge >= 0.3 is 12.1 Å². The average molecular weight is 223 g/mol. The summed E-state index contributed by atoms with van der Waals surface area (Å²) >= 11 is 0. The number of amides is 1. The fourth-order valence-corrected chi connectivity index (χ4v) is 1.27. The second kappa shape index (κ2) is 5.16. The molecule has 0 atom stereocenters. The Morgan fingerprint density at radius 3 is 2.62 bits per heavy atom. The molecule has 0 radical (unpaired) electrons. The molecule has 0 saturated heterocycles. The van der Waals surface area contributed by atoms with Crippen LogP contribution in [0.25, 0.3) is 0 Å². The molecule has 0 saturated carbocycles. The maximum Gasteiger partial charge on any atom is 0.411 e. The van der Waals surface area contributed by atoms with Crippen LogP contribution in [0.4, 0.5) is 10.5 Å². The Bertz CT molecular complexity index is 414. The van der Waals surface area contributed by atoms with Crippen molar-refractivity contribution in [2.75, 3.05) is 11.9 Å². The van der Waals surface area contributed by atoms with Gasteiger partial charge in [-0.1, -0.05) is 0 Å². The number of aryl methyl sites for hydroxylation is 1. The molecule has 2 N–H and O–H groups in total. The van der Waals surface area contributed by atoms with Gasteiger partial charge in [0.2, 0.25) is 0 Å². The Morgan fingerprint density at radius 1 is 1.44 bits per heavy atom. The number of hydrogen-bond donors (Lipinski definition) is 2. The number of hydrogen-bond acceptors (Lipinski definition) is 3. The summed E-state index contributed by atoms with van der Waals surface area (Å²) in [6, 6.07) is 4.55. The van der Waals surface area contributed by atoms with Crippen molar-refractivity contribution in [1.82, 2.24) is 0 Å². The molecule has 0 aromatic heterocycles. The summed E-state index contributed by atoms with van der Waals surface area (Å²) in [7, 11) is 0. The van der Waals surface area contributed by atoms with E-state index < -0.39 is 12.1 Å². The van der Waals surface area contributed by atoms with Crippen LogP contribution < -0.4 is 5.32 Å². The van der Waals surface area contributed by atoms with Crippen LogP contribution in [0.3, 0.4) is 0 Å². The minimum absolute atomic E-state index is 0.217. The molecule has 0 fully saturated rings. The van der Waals surface area contributed by atoms with Gasteiger partial charge in [-0.15, -0.1) is 0 Å². The van der Waals surface area contributed by atoms with Crippen molar-refractivity contribution in [2.24, 2.45) is 0 Å². The Hall–Kier alpha value is -2.04. The number of carboxylic acid groups (broad SMARTS) is 1. The van der Waals surface area contributed by atoms with Gasteiger partial charge < -0.3 is 9.84 Å². The summed E-state index contributed by atoms with van der Waals surface area (Å²) in [5.74, 6) is -0.986. The van der Waals surface area contributed by atoms with Crippen molar-refractivity contribution in [3.63, 3.8) is 0 Å². The van der Waals surface area contributed by atoms with Gasteiger partial charge in [-0.3, -0.25) is 5.32 Å². The second-order valence-corrected chi connectivity index (χ2v) is 3.18. The van der Waals surface area contributed by atoms with Crippen LogP contribution in [0, 0.1) is 6.92 Å². The normalized spacial score (nSPS) is 9.62. The number of nitrogens with one attached hydrogen (secondary N) is 1. The molecule has 1 aromatic carbocycles. The predicted octanol–water partition coefficient (Wildman–Crippen LogP) is 2.26. The fraction of sp³-hybridized carbons (Fsp3) is 0.273. The van der Waals surface area contributed by atoms with E-state index >= 15 is 0 Å². The lowest BCUT2D eigenvalue weighted by atomic mass is 10.1. The van der Waals surface area contributed by atoms with Gasteiger partial charge in [-0.2, -0.15) is 0 Å². The highest BCUT2D eigenvalue weighted by molar-refractivity contribution is 5.91. The number of anilines is 1. The van der Waals surface area contributed by atoms with Crippen LogP contribution in [-0.2, 0) is 4.74 Å². The number of rotatable bonds is 3. The molecule has 0 heterocycles. The monoisotopic (exact) mass is 223 g/mol. The molecule has 1 amide bonds. The highest BCUT2D eigenvalue weighted by atomic mass is 16.5. The quantitative estimate of drug-likeness (QED) is 0.824. The Balaban J connectivity index is 2.81. The van der Waals surface area contributed by atoms with Crippen molar-refractivity contribution < 1.29 is 19.4 Å². The lowest BCUT2D eigenvalue weighted by Crippen LogP contribution is -2.13. The molecule has 0 bridgehead atoms. The zero-order valence-corrected chi connectivity index (χ0v) is 9.11. The minimum Gasteiger partial charge on any atom is -0.478 e. The molecule has 0 unspecified atom stereocenters. The summed E-state index contributed by atoms with van der Waals surface area (Å²) in [6.07, 6.45) is -0.551. The third-order valence-electron chi connectivity index (χ3n) is 1.98. The van der Waals surface area contributed by atoms with E-state index in [-0.39, 0.29) is 12.2 Å². The molecule has 0 aliphatic rings. The Kier molecular flexibility index (Phi) is 3.88. The fourth-order valence-electron chi connectivity index (χ4n) is 1.27. The molecule has 1 aromatic rings. The first-order valence-electron chi connectivity index (χ1n) is 4.82. The van der Waals surface area contributed by atoms with E-state index in [9.17, 15) is 9.59 Å². The van der Waals surface area contributed by atoms with E-state index in [4.69, 9.17) is 9.84 Å². The standard InChI is InChI=1S/C11H13NO4/c1-3-16-11(15)12-8-4-5-9(10(13)14)7(2)6-8/h4-6H,3H2,1-2H3,(H,12,15)(H,13,14). The number of ether oxygens (including phenoxy) is 1. The van der Waals surface area contributed by atoms with E-state index in [1.54, 1.807) is 19.9 Å². The summed E-state index contributed by atoms with van der Waals surface area (Å²) < 4.78 is 4.70. The van der Waals surface area contributed by atoms with Crippen LogP contribution in [0.2, 0.25) is 0 Å². The largest absolute Gasteiger partial charge is 0.478 e. The second-order valence-electron chi connectivity index (χ2n) is 3.18. The Labute approximate surface area is 93.0 Å². The number of benzene rings is 1. The number of carboxylic acids is 1. The Morgan fingerprint density at radius 2 is 2.12 bits per heavy atom. The SMILES string of the molecule is CCOC(=O)Nc1ccc(C(=O)O)c(C)c1. The van der Waals surface area contributed by atoms with Crippen LogP contribution in [0.5, 0.6) is 0 Å². The van der Waals surface area contributed by atoms with Crippen molar-refractivity contribution in [1.29, 1.82) is 0 Å². The number of aromatic carboxylic acids is 1. The first-order chi connectivity index (χ1) is 7.54.